The van der Waals surface area contributed by atoms with Gasteiger partial charge in [0.15, 0.2) is 0 Å². The van der Waals surface area contributed by atoms with Gasteiger partial charge in [-0.15, -0.1) is 0 Å². The van der Waals surface area contributed by atoms with Gasteiger partial charge >= 0.3 is 0 Å². The Labute approximate surface area is 117 Å². The summed E-state index contributed by atoms with van der Waals surface area (Å²) >= 11 is 0. The molecule has 2 N–H and O–H groups in total. The smallest absolute Gasteiger partial charge is 0.132 e. The minimum absolute atomic E-state index is 0.0372. The second kappa shape index (κ2) is 6.90. The lowest BCUT2D eigenvalue weighted by molar-refractivity contribution is 0.280. The number of hydrogen-bond acceptors (Lipinski definition) is 3. The average molecular weight is 264 g/mol. The summed E-state index contributed by atoms with van der Waals surface area (Å²) in [4.78, 5) is 4.52. The molecule has 1 aromatic heterocycles. The van der Waals surface area contributed by atoms with E-state index in [9.17, 15) is 5.11 Å². The molecular formula is C16H28N2O. The minimum Gasteiger partial charge on any atom is -0.392 e. The summed E-state index contributed by atoms with van der Waals surface area (Å²) in [6.45, 7) is 14.0. The van der Waals surface area contributed by atoms with E-state index in [-0.39, 0.29) is 6.61 Å². The van der Waals surface area contributed by atoms with Crippen molar-refractivity contribution in [3.8, 4) is 0 Å². The molecule has 0 atom stereocenters. The summed E-state index contributed by atoms with van der Waals surface area (Å²) in [5.41, 5.74) is 3.00. The molecule has 0 aromatic carbocycles. The standard InChI is InChI=1S/C16H28N2O/c1-10(2)14(11(3)4)8-17-16-15(9-19)12(5)7-13(6)18-16/h7,10-11,14,19H,8-9H2,1-6H3,(H,17,18). The molecule has 0 amide bonds. The number of pyridine rings is 1. The highest BCUT2D eigenvalue weighted by molar-refractivity contribution is 5.49. The first kappa shape index (κ1) is 16.0. The van der Waals surface area contributed by atoms with Crippen molar-refractivity contribution in [2.45, 2.75) is 48.1 Å². The Kier molecular flexibility index (Phi) is 5.80. The lowest BCUT2D eigenvalue weighted by Gasteiger charge is -2.26. The molecule has 19 heavy (non-hydrogen) atoms. The number of hydrogen-bond donors (Lipinski definition) is 2. The Morgan fingerprint density at radius 2 is 1.74 bits per heavy atom. The van der Waals surface area contributed by atoms with E-state index in [2.05, 4.69) is 38.0 Å². The van der Waals surface area contributed by atoms with Gasteiger partial charge in [0.2, 0.25) is 0 Å². The highest BCUT2D eigenvalue weighted by atomic mass is 16.3. The Hall–Kier alpha value is -1.09. The van der Waals surface area contributed by atoms with Crippen molar-refractivity contribution in [1.29, 1.82) is 0 Å². The maximum atomic E-state index is 9.49. The number of aliphatic hydroxyl groups excluding tert-OH is 1. The number of aromatic nitrogens is 1. The summed E-state index contributed by atoms with van der Waals surface area (Å²) in [7, 11) is 0. The SMILES string of the molecule is Cc1cc(C)c(CO)c(NCC(C(C)C)C(C)C)n1. The lowest BCUT2D eigenvalue weighted by atomic mass is 9.85. The molecule has 1 heterocycles. The third-order valence-corrected chi connectivity index (χ3v) is 3.85. The van der Waals surface area contributed by atoms with E-state index in [1.807, 2.05) is 19.9 Å². The molecule has 0 radical (unpaired) electrons. The van der Waals surface area contributed by atoms with Gasteiger partial charge in [0.05, 0.1) is 6.61 Å². The minimum atomic E-state index is 0.0372. The maximum absolute atomic E-state index is 9.49. The van der Waals surface area contributed by atoms with Crippen molar-refractivity contribution < 1.29 is 5.11 Å². The zero-order chi connectivity index (χ0) is 14.6. The van der Waals surface area contributed by atoms with Crippen LogP contribution >= 0.6 is 0 Å². The second-order valence-corrected chi connectivity index (χ2v) is 6.10. The summed E-state index contributed by atoms with van der Waals surface area (Å²) in [6.07, 6.45) is 0. The molecule has 0 bridgehead atoms. The Balaban J connectivity index is 2.87. The molecule has 1 aromatic rings. The molecule has 0 fully saturated rings. The molecular weight excluding hydrogens is 236 g/mol. The van der Waals surface area contributed by atoms with Crippen LogP contribution in [0.15, 0.2) is 6.07 Å². The van der Waals surface area contributed by atoms with Gasteiger partial charge in [-0.05, 0) is 43.2 Å². The van der Waals surface area contributed by atoms with Crippen LogP contribution in [0.1, 0.15) is 44.5 Å². The molecule has 3 heteroatoms. The van der Waals surface area contributed by atoms with E-state index in [0.29, 0.717) is 17.8 Å². The van der Waals surface area contributed by atoms with Crippen molar-refractivity contribution in [2.24, 2.45) is 17.8 Å². The quantitative estimate of drug-likeness (QED) is 0.826. The van der Waals surface area contributed by atoms with Crippen LogP contribution in [0, 0.1) is 31.6 Å². The van der Waals surface area contributed by atoms with E-state index in [4.69, 9.17) is 0 Å². The molecule has 0 aliphatic heterocycles. The molecule has 108 valence electrons. The summed E-state index contributed by atoms with van der Waals surface area (Å²) in [6, 6.07) is 2.01. The molecule has 0 saturated carbocycles. The summed E-state index contributed by atoms with van der Waals surface area (Å²) in [5.74, 6) is 2.72. The van der Waals surface area contributed by atoms with Crippen LogP contribution in [0.5, 0.6) is 0 Å². The van der Waals surface area contributed by atoms with Crippen LogP contribution in [0.3, 0.4) is 0 Å². The number of anilines is 1. The van der Waals surface area contributed by atoms with E-state index in [1.54, 1.807) is 0 Å². The highest BCUT2D eigenvalue weighted by Crippen LogP contribution is 2.23. The normalized spacial score (nSPS) is 11.7. The van der Waals surface area contributed by atoms with Gasteiger partial charge in [0, 0.05) is 17.8 Å². The van der Waals surface area contributed by atoms with Crippen LogP contribution in [0.4, 0.5) is 5.82 Å². The largest absolute Gasteiger partial charge is 0.392 e. The number of nitrogens with zero attached hydrogens (tertiary/aromatic N) is 1. The fourth-order valence-electron chi connectivity index (χ4n) is 2.66. The van der Waals surface area contributed by atoms with Gasteiger partial charge < -0.3 is 10.4 Å². The van der Waals surface area contributed by atoms with Crippen LogP contribution in [-0.4, -0.2) is 16.6 Å². The van der Waals surface area contributed by atoms with Gasteiger partial charge in [0.1, 0.15) is 5.82 Å². The third kappa shape index (κ3) is 4.20. The zero-order valence-electron chi connectivity index (χ0n) is 13.1. The molecule has 0 unspecified atom stereocenters. The molecule has 0 saturated heterocycles. The molecule has 3 nitrogen and oxygen atoms in total. The zero-order valence-corrected chi connectivity index (χ0v) is 13.1. The Morgan fingerprint density at radius 3 is 2.21 bits per heavy atom. The number of rotatable bonds is 6. The van der Waals surface area contributed by atoms with E-state index >= 15 is 0 Å². The summed E-state index contributed by atoms with van der Waals surface area (Å²) < 4.78 is 0. The van der Waals surface area contributed by atoms with E-state index in [1.165, 1.54) is 0 Å². The molecule has 0 aliphatic carbocycles. The van der Waals surface area contributed by atoms with Crippen LogP contribution in [0.25, 0.3) is 0 Å². The van der Waals surface area contributed by atoms with Crippen LogP contribution in [-0.2, 0) is 6.61 Å². The lowest BCUT2D eigenvalue weighted by Crippen LogP contribution is -2.25. The molecule has 0 spiro atoms. The first-order valence-corrected chi connectivity index (χ1v) is 7.18. The molecule has 0 aliphatic rings. The predicted molar refractivity (Wildman–Crippen MR) is 81.3 cm³/mol. The fraction of sp³-hybridized carbons (Fsp3) is 0.688. The van der Waals surface area contributed by atoms with E-state index < -0.39 is 0 Å². The van der Waals surface area contributed by atoms with Crippen molar-refractivity contribution >= 4 is 5.82 Å². The fourth-order valence-corrected chi connectivity index (χ4v) is 2.66. The number of aryl methyl sites for hydroxylation is 2. The van der Waals surface area contributed by atoms with Crippen molar-refractivity contribution in [1.82, 2.24) is 4.98 Å². The average Bonchev–Trinajstić information content (AvgIpc) is 2.27. The summed E-state index contributed by atoms with van der Waals surface area (Å²) in [5, 5.41) is 12.9. The monoisotopic (exact) mass is 264 g/mol. The van der Waals surface area contributed by atoms with Gasteiger partial charge in [-0.1, -0.05) is 27.7 Å². The van der Waals surface area contributed by atoms with Gasteiger partial charge in [-0.2, -0.15) is 0 Å². The predicted octanol–water partition coefficient (Wildman–Crippen LogP) is 3.53. The first-order valence-electron chi connectivity index (χ1n) is 7.18. The topological polar surface area (TPSA) is 45.1 Å². The van der Waals surface area contributed by atoms with Crippen molar-refractivity contribution in [3.63, 3.8) is 0 Å². The number of nitrogens with one attached hydrogen (secondary N) is 1. The van der Waals surface area contributed by atoms with Gasteiger partial charge in [-0.3, -0.25) is 0 Å². The van der Waals surface area contributed by atoms with Gasteiger partial charge in [-0.25, -0.2) is 4.98 Å². The maximum Gasteiger partial charge on any atom is 0.132 e. The van der Waals surface area contributed by atoms with Crippen LogP contribution in [0.2, 0.25) is 0 Å². The number of aliphatic hydroxyl groups is 1. The first-order chi connectivity index (χ1) is 8.86. The highest BCUT2D eigenvalue weighted by Gasteiger charge is 2.18. The van der Waals surface area contributed by atoms with Gasteiger partial charge in [0.25, 0.3) is 0 Å². The Morgan fingerprint density at radius 1 is 1.16 bits per heavy atom. The van der Waals surface area contributed by atoms with Crippen molar-refractivity contribution in [3.05, 3.63) is 22.9 Å². The van der Waals surface area contributed by atoms with Crippen LogP contribution < -0.4 is 5.32 Å². The van der Waals surface area contributed by atoms with E-state index in [0.717, 1.165) is 29.2 Å². The Bertz CT molecular complexity index is 405. The van der Waals surface area contributed by atoms with Crippen molar-refractivity contribution in [2.75, 3.05) is 11.9 Å². The third-order valence-electron chi connectivity index (χ3n) is 3.85. The second-order valence-electron chi connectivity index (χ2n) is 6.10. The molecule has 1 rings (SSSR count).